The quantitative estimate of drug-likeness (QED) is 0.883. The highest BCUT2D eigenvalue weighted by molar-refractivity contribution is 5.74. The van der Waals surface area contributed by atoms with Gasteiger partial charge in [-0.2, -0.15) is 0 Å². The third-order valence-electron chi connectivity index (χ3n) is 6.08. The molecule has 1 N–H and O–H groups in total. The predicted molar refractivity (Wildman–Crippen MR) is 105 cm³/mol. The summed E-state index contributed by atoms with van der Waals surface area (Å²) in [5.41, 5.74) is 2.21. The molecule has 0 spiro atoms. The second kappa shape index (κ2) is 8.05. The van der Waals surface area contributed by atoms with E-state index in [-0.39, 0.29) is 18.2 Å². The number of pyridine rings is 1. The number of carbonyl (C=O) groups is 1. The van der Waals surface area contributed by atoms with Crippen molar-refractivity contribution in [3.63, 3.8) is 0 Å². The maximum atomic E-state index is 12.2. The van der Waals surface area contributed by atoms with Crippen molar-refractivity contribution in [2.75, 3.05) is 19.6 Å². The average molecular weight is 373 g/mol. The summed E-state index contributed by atoms with van der Waals surface area (Å²) in [6.45, 7) is 7.61. The summed E-state index contributed by atoms with van der Waals surface area (Å²) in [4.78, 5) is 21.5. The van der Waals surface area contributed by atoms with E-state index in [4.69, 9.17) is 9.72 Å². The molecule has 1 saturated heterocycles. The Bertz CT molecular complexity index is 666. The summed E-state index contributed by atoms with van der Waals surface area (Å²) in [5.74, 6) is 0.746. The standard InChI is InChI=1S/C21H32N4O2/c1-15(2)22-21(26)25-13-10-19-16(14-25)6-7-20(23-19)27-18-8-11-24(12-9-18)17-4-3-5-17/h6-7,15,17-18H,3-5,8-14H2,1-2H3,(H,22,26). The summed E-state index contributed by atoms with van der Waals surface area (Å²) < 4.78 is 6.20. The fourth-order valence-electron chi connectivity index (χ4n) is 4.25. The van der Waals surface area contributed by atoms with Crippen LogP contribution in [0.25, 0.3) is 0 Å². The number of hydrogen-bond acceptors (Lipinski definition) is 4. The maximum Gasteiger partial charge on any atom is 0.317 e. The molecule has 3 heterocycles. The van der Waals surface area contributed by atoms with Crippen LogP contribution in [0.1, 0.15) is 57.2 Å². The van der Waals surface area contributed by atoms with Gasteiger partial charge in [-0.05, 0) is 45.1 Å². The number of hydrogen-bond donors (Lipinski definition) is 1. The molecule has 0 atom stereocenters. The molecule has 2 fully saturated rings. The van der Waals surface area contributed by atoms with E-state index in [1.54, 1.807) is 0 Å². The zero-order chi connectivity index (χ0) is 18.8. The minimum atomic E-state index is 0.00852. The molecule has 0 radical (unpaired) electrons. The van der Waals surface area contributed by atoms with Crippen LogP contribution in [-0.4, -0.2) is 58.6 Å². The van der Waals surface area contributed by atoms with Crippen LogP contribution in [0.5, 0.6) is 5.88 Å². The first-order valence-electron chi connectivity index (χ1n) is 10.5. The number of amides is 2. The highest BCUT2D eigenvalue weighted by Crippen LogP contribution is 2.29. The first kappa shape index (κ1) is 18.5. The summed E-state index contributed by atoms with van der Waals surface area (Å²) in [7, 11) is 0. The maximum absolute atomic E-state index is 12.2. The van der Waals surface area contributed by atoms with Gasteiger partial charge in [0.2, 0.25) is 5.88 Å². The Balaban J connectivity index is 1.31. The van der Waals surface area contributed by atoms with Crippen LogP contribution >= 0.6 is 0 Å². The molecule has 1 aromatic heterocycles. The number of likely N-dealkylation sites (tertiary alicyclic amines) is 1. The highest BCUT2D eigenvalue weighted by atomic mass is 16.5. The normalized spacial score (nSPS) is 21.7. The van der Waals surface area contributed by atoms with Gasteiger partial charge < -0.3 is 19.9 Å². The third kappa shape index (κ3) is 4.37. The SMILES string of the molecule is CC(C)NC(=O)N1CCc2nc(OC3CCN(C4CCC4)CC3)ccc2C1. The molecule has 6 heteroatoms. The summed E-state index contributed by atoms with van der Waals surface area (Å²) in [6.07, 6.45) is 7.42. The number of ether oxygens (including phenoxy) is 1. The van der Waals surface area contributed by atoms with Gasteiger partial charge in [-0.3, -0.25) is 0 Å². The van der Waals surface area contributed by atoms with Crippen LogP contribution in [0.3, 0.4) is 0 Å². The molecule has 2 amide bonds. The largest absolute Gasteiger partial charge is 0.474 e. The Kier molecular flexibility index (Phi) is 5.53. The fraction of sp³-hybridized carbons (Fsp3) is 0.714. The van der Waals surface area contributed by atoms with E-state index in [0.29, 0.717) is 13.1 Å². The Morgan fingerprint density at radius 1 is 1.19 bits per heavy atom. The van der Waals surface area contributed by atoms with Crippen LogP contribution in [0.2, 0.25) is 0 Å². The smallest absolute Gasteiger partial charge is 0.317 e. The van der Waals surface area contributed by atoms with Crippen LogP contribution in [0.15, 0.2) is 12.1 Å². The molecule has 0 aromatic carbocycles. The number of aromatic nitrogens is 1. The zero-order valence-electron chi connectivity index (χ0n) is 16.6. The number of nitrogens with zero attached hydrogens (tertiary/aromatic N) is 3. The number of piperidine rings is 1. The first-order chi connectivity index (χ1) is 13.1. The van der Waals surface area contributed by atoms with Crippen molar-refractivity contribution in [1.82, 2.24) is 20.1 Å². The molecule has 0 unspecified atom stereocenters. The first-order valence-corrected chi connectivity index (χ1v) is 10.5. The van der Waals surface area contributed by atoms with E-state index in [9.17, 15) is 4.79 Å². The van der Waals surface area contributed by atoms with Crippen molar-refractivity contribution in [1.29, 1.82) is 0 Å². The third-order valence-corrected chi connectivity index (χ3v) is 6.08. The lowest BCUT2D eigenvalue weighted by atomic mass is 9.90. The van der Waals surface area contributed by atoms with Crippen molar-refractivity contribution >= 4 is 6.03 Å². The molecule has 27 heavy (non-hydrogen) atoms. The second-order valence-electron chi connectivity index (χ2n) is 8.47. The molecule has 3 aliphatic rings. The van der Waals surface area contributed by atoms with E-state index in [1.807, 2.05) is 24.8 Å². The fourth-order valence-corrected chi connectivity index (χ4v) is 4.25. The Labute approximate surface area is 162 Å². The van der Waals surface area contributed by atoms with Crippen molar-refractivity contribution < 1.29 is 9.53 Å². The molecular formula is C21H32N4O2. The lowest BCUT2D eigenvalue weighted by Crippen LogP contribution is -2.47. The van der Waals surface area contributed by atoms with Crippen molar-refractivity contribution in [3.8, 4) is 5.88 Å². The minimum absolute atomic E-state index is 0.00852. The van der Waals surface area contributed by atoms with Gasteiger partial charge in [0.15, 0.2) is 0 Å². The summed E-state index contributed by atoms with van der Waals surface area (Å²) in [6, 6.07) is 5.05. The average Bonchev–Trinajstić information content (AvgIpc) is 2.61. The van der Waals surface area contributed by atoms with Gasteiger partial charge in [-0.1, -0.05) is 12.5 Å². The molecular weight excluding hydrogens is 340 g/mol. The van der Waals surface area contributed by atoms with Crippen LogP contribution in [0, 0.1) is 0 Å². The lowest BCUT2D eigenvalue weighted by molar-refractivity contribution is 0.0474. The summed E-state index contributed by atoms with van der Waals surface area (Å²) in [5, 5.41) is 2.97. The van der Waals surface area contributed by atoms with Gasteiger partial charge in [-0.15, -0.1) is 0 Å². The molecule has 4 rings (SSSR count). The van der Waals surface area contributed by atoms with Gasteiger partial charge in [0, 0.05) is 50.7 Å². The molecule has 1 aliphatic carbocycles. The summed E-state index contributed by atoms with van der Waals surface area (Å²) >= 11 is 0. The van der Waals surface area contributed by atoms with E-state index in [0.717, 1.165) is 55.5 Å². The van der Waals surface area contributed by atoms with Crippen LogP contribution in [0.4, 0.5) is 4.79 Å². The molecule has 1 saturated carbocycles. The van der Waals surface area contributed by atoms with Gasteiger partial charge >= 0.3 is 6.03 Å². The highest BCUT2D eigenvalue weighted by Gasteiger charge is 2.29. The van der Waals surface area contributed by atoms with E-state index in [2.05, 4.69) is 16.3 Å². The van der Waals surface area contributed by atoms with E-state index < -0.39 is 0 Å². The molecule has 2 aliphatic heterocycles. The number of fused-ring (bicyclic) bond motifs is 1. The van der Waals surface area contributed by atoms with Crippen molar-refractivity contribution in [2.24, 2.45) is 0 Å². The Morgan fingerprint density at radius 2 is 1.96 bits per heavy atom. The van der Waals surface area contributed by atoms with E-state index in [1.165, 1.54) is 19.3 Å². The minimum Gasteiger partial charge on any atom is -0.474 e. The molecule has 0 bridgehead atoms. The van der Waals surface area contributed by atoms with E-state index >= 15 is 0 Å². The Morgan fingerprint density at radius 3 is 2.63 bits per heavy atom. The number of carbonyl (C=O) groups excluding carboxylic acids is 1. The monoisotopic (exact) mass is 372 g/mol. The molecule has 1 aromatic rings. The van der Waals surface area contributed by atoms with Gasteiger partial charge in [0.25, 0.3) is 0 Å². The van der Waals surface area contributed by atoms with Crippen molar-refractivity contribution in [2.45, 2.75) is 77.1 Å². The van der Waals surface area contributed by atoms with Crippen molar-refractivity contribution in [3.05, 3.63) is 23.4 Å². The Hall–Kier alpha value is -1.82. The molecule has 6 nitrogen and oxygen atoms in total. The topological polar surface area (TPSA) is 57.7 Å². The lowest BCUT2D eigenvalue weighted by Gasteiger charge is -2.41. The van der Waals surface area contributed by atoms with Gasteiger partial charge in [0.1, 0.15) is 6.10 Å². The second-order valence-corrected chi connectivity index (χ2v) is 8.47. The van der Waals surface area contributed by atoms with Gasteiger partial charge in [0.05, 0.1) is 5.69 Å². The number of nitrogens with one attached hydrogen (secondary N) is 1. The van der Waals surface area contributed by atoms with Crippen LogP contribution in [-0.2, 0) is 13.0 Å². The number of urea groups is 1. The predicted octanol–water partition coefficient (Wildman–Crippen LogP) is 2.95. The van der Waals surface area contributed by atoms with Gasteiger partial charge in [-0.25, -0.2) is 9.78 Å². The number of rotatable bonds is 4. The van der Waals surface area contributed by atoms with Crippen LogP contribution < -0.4 is 10.1 Å². The molecule has 148 valence electrons. The zero-order valence-corrected chi connectivity index (χ0v) is 16.6.